The molecule has 0 aliphatic carbocycles. The summed E-state index contributed by atoms with van der Waals surface area (Å²) in [7, 11) is 3.29. The quantitative estimate of drug-likeness (QED) is 0.445. The van der Waals surface area contributed by atoms with Crippen LogP contribution in [0.5, 0.6) is 11.5 Å². The Bertz CT molecular complexity index is 1080. The smallest absolute Gasteiger partial charge is 0.325 e. The second kappa shape index (κ2) is 9.68. The molecule has 1 spiro atoms. The third-order valence-electron chi connectivity index (χ3n) is 7.47. The molecule has 0 radical (unpaired) electrons. The first kappa shape index (κ1) is 24.7. The Morgan fingerprint density at radius 2 is 1.94 bits per heavy atom. The van der Waals surface area contributed by atoms with Crippen molar-refractivity contribution in [3.63, 3.8) is 0 Å². The lowest BCUT2D eigenvalue weighted by Crippen LogP contribution is -2.54. The number of allylic oxidation sites excluding steroid dienone is 2. The van der Waals surface area contributed by atoms with E-state index in [0.717, 1.165) is 22.6 Å². The molecular formula is C27H35N3O5. The molecule has 3 amide bonds. The number of likely N-dealkylation sites (N-methyl/N-ethyl adjacent to an activating group) is 1. The lowest BCUT2D eigenvalue weighted by Gasteiger charge is -2.44. The van der Waals surface area contributed by atoms with Crippen molar-refractivity contribution in [2.24, 2.45) is 0 Å². The minimum Gasteiger partial charge on any atom is -0.497 e. The Hall–Kier alpha value is -3.42. The fraction of sp³-hybridized carbons (Fsp3) is 0.481. The van der Waals surface area contributed by atoms with Crippen molar-refractivity contribution < 1.29 is 23.8 Å². The highest BCUT2D eigenvalue weighted by molar-refractivity contribution is 5.91. The maximum atomic E-state index is 13.7. The molecule has 1 atom stereocenters. The Kier molecular flexibility index (Phi) is 6.83. The number of hydrogen-bond donors (Lipinski definition) is 0. The van der Waals surface area contributed by atoms with Gasteiger partial charge in [-0.25, -0.2) is 4.79 Å². The zero-order valence-electron chi connectivity index (χ0n) is 21.3. The summed E-state index contributed by atoms with van der Waals surface area (Å²) in [5, 5.41) is 0. The van der Waals surface area contributed by atoms with Crippen molar-refractivity contribution in [1.29, 1.82) is 0 Å². The highest BCUT2D eigenvalue weighted by Crippen LogP contribution is 2.49. The number of fused-ring (bicyclic) bond motifs is 3. The molecule has 35 heavy (non-hydrogen) atoms. The minimum absolute atomic E-state index is 0.00416. The topological polar surface area (TPSA) is 71.5 Å². The summed E-state index contributed by atoms with van der Waals surface area (Å²) in [6.45, 7) is 11.6. The monoisotopic (exact) mass is 481 g/mol. The molecule has 0 aromatic heterocycles. The highest BCUT2D eigenvalue weighted by Gasteiger charge is 2.55. The van der Waals surface area contributed by atoms with Gasteiger partial charge in [-0.1, -0.05) is 19.6 Å². The molecule has 1 aromatic carbocycles. The van der Waals surface area contributed by atoms with Gasteiger partial charge in [0.2, 0.25) is 0 Å². The standard InChI is InChI=1S/C27H35N3O5/c1-7-21(35-9-3)25(31)28-12-10-27(11-13-28)23-14-18(4)24-19(15-20(33-5)16-22(24)34-6)17-29(23)26(32)30(27)8-2/h7,9,14-16,18H,3,8,10-13,17H2,1-2,4-6H3. The Labute approximate surface area is 207 Å². The van der Waals surface area contributed by atoms with Gasteiger partial charge in [0.05, 0.1) is 32.6 Å². The third-order valence-corrected chi connectivity index (χ3v) is 7.47. The number of benzene rings is 1. The first-order valence-electron chi connectivity index (χ1n) is 12.1. The molecule has 0 N–H and O–H groups in total. The molecule has 1 aromatic rings. The number of hydrogen-bond acceptors (Lipinski definition) is 5. The van der Waals surface area contributed by atoms with Gasteiger partial charge >= 0.3 is 6.03 Å². The molecule has 3 aliphatic rings. The van der Waals surface area contributed by atoms with E-state index in [1.807, 2.05) is 28.9 Å². The second-order valence-corrected chi connectivity index (χ2v) is 9.12. The molecule has 3 aliphatic heterocycles. The molecule has 1 unspecified atom stereocenters. The fourth-order valence-corrected chi connectivity index (χ4v) is 5.83. The average molecular weight is 482 g/mol. The van der Waals surface area contributed by atoms with Crippen LogP contribution in [0.2, 0.25) is 0 Å². The maximum absolute atomic E-state index is 13.7. The molecule has 188 valence electrons. The van der Waals surface area contributed by atoms with Crippen molar-refractivity contribution >= 4 is 11.9 Å². The highest BCUT2D eigenvalue weighted by atomic mass is 16.5. The zero-order valence-corrected chi connectivity index (χ0v) is 21.3. The molecule has 3 heterocycles. The first-order valence-corrected chi connectivity index (χ1v) is 12.1. The van der Waals surface area contributed by atoms with Gasteiger partial charge in [0, 0.05) is 42.9 Å². The summed E-state index contributed by atoms with van der Waals surface area (Å²) in [6, 6.07) is 3.90. The predicted octanol–water partition coefficient (Wildman–Crippen LogP) is 4.39. The van der Waals surface area contributed by atoms with Gasteiger partial charge < -0.3 is 24.0 Å². The van der Waals surface area contributed by atoms with Crippen LogP contribution in [0, 0.1) is 0 Å². The molecule has 8 heteroatoms. The number of carbonyl (C=O) groups excluding carboxylic acids is 2. The summed E-state index contributed by atoms with van der Waals surface area (Å²) < 4.78 is 16.5. The van der Waals surface area contributed by atoms with E-state index in [4.69, 9.17) is 14.2 Å². The SMILES string of the molecule is C=COC(=CC)C(=O)N1CCC2(CC1)C1=CC(C)c3c(cc(OC)cc3OC)CN1C(=O)N2CC. The molecule has 2 fully saturated rings. The summed E-state index contributed by atoms with van der Waals surface area (Å²) in [5.41, 5.74) is 2.67. The molecule has 0 bridgehead atoms. The number of urea groups is 1. The number of carbonyl (C=O) groups is 2. The van der Waals surface area contributed by atoms with E-state index in [1.165, 1.54) is 6.26 Å². The molecule has 8 nitrogen and oxygen atoms in total. The van der Waals surface area contributed by atoms with Crippen LogP contribution in [0.25, 0.3) is 0 Å². The maximum Gasteiger partial charge on any atom is 0.325 e. The normalized spacial score (nSPS) is 21.2. The van der Waals surface area contributed by atoms with Gasteiger partial charge in [-0.05, 0) is 44.4 Å². The van der Waals surface area contributed by atoms with Crippen LogP contribution in [-0.4, -0.2) is 66.0 Å². The number of ether oxygens (including phenoxy) is 3. The minimum atomic E-state index is -0.453. The lowest BCUT2D eigenvalue weighted by atomic mass is 9.82. The van der Waals surface area contributed by atoms with E-state index in [1.54, 1.807) is 32.1 Å². The molecule has 2 saturated heterocycles. The van der Waals surface area contributed by atoms with E-state index >= 15 is 0 Å². The number of nitrogens with zero attached hydrogens (tertiary/aromatic N) is 3. The van der Waals surface area contributed by atoms with Crippen LogP contribution in [0.3, 0.4) is 0 Å². The van der Waals surface area contributed by atoms with Crippen LogP contribution in [0.1, 0.15) is 50.7 Å². The van der Waals surface area contributed by atoms with Crippen molar-refractivity contribution in [2.45, 2.75) is 51.6 Å². The summed E-state index contributed by atoms with van der Waals surface area (Å²) in [5.74, 6) is 1.63. The Morgan fingerprint density at radius 3 is 2.51 bits per heavy atom. The summed E-state index contributed by atoms with van der Waals surface area (Å²) >= 11 is 0. The van der Waals surface area contributed by atoms with Crippen molar-refractivity contribution in [3.05, 3.63) is 59.7 Å². The summed E-state index contributed by atoms with van der Waals surface area (Å²) in [4.78, 5) is 32.3. The van der Waals surface area contributed by atoms with E-state index in [-0.39, 0.29) is 23.6 Å². The number of likely N-dealkylation sites (tertiary alicyclic amines) is 1. The van der Waals surface area contributed by atoms with Crippen molar-refractivity contribution in [3.8, 4) is 11.5 Å². The van der Waals surface area contributed by atoms with Crippen LogP contribution < -0.4 is 9.47 Å². The van der Waals surface area contributed by atoms with Crippen LogP contribution in [0.4, 0.5) is 4.79 Å². The van der Waals surface area contributed by atoms with Gasteiger partial charge in [0.15, 0.2) is 5.76 Å². The predicted molar refractivity (Wildman–Crippen MR) is 133 cm³/mol. The fourth-order valence-electron chi connectivity index (χ4n) is 5.83. The average Bonchev–Trinajstić information content (AvgIpc) is 2.97. The van der Waals surface area contributed by atoms with Gasteiger partial charge in [-0.3, -0.25) is 9.69 Å². The Morgan fingerprint density at radius 1 is 1.23 bits per heavy atom. The number of methoxy groups -OCH3 is 2. The first-order chi connectivity index (χ1) is 16.8. The van der Waals surface area contributed by atoms with Gasteiger partial charge in [0.1, 0.15) is 11.5 Å². The van der Waals surface area contributed by atoms with E-state index in [9.17, 15) is 9.59 Å². The van der Waals surface area contributed by atoms with Gasteiger partial charge in [-0.15, -0.1) is 0 Å². The summed E-state index contributed by atoms with van der Waals surface area (Å²) in [6.07, 6.45) is 6.46. The van der Waals surface area contributed by atoms with E-state index in [2.05, 4.69) is 19.6 Å². The molecule has 0 saturated carbocycles. The number of rotatable bonds is 6. The second-order valence-electron chi connectivity index (χ2n) is 9.12. The lowest BCUT2D eigenvalue weighted by molar-refractivity contribution is -0.131. The van der Waals surface area contributed by atoms with Crippen LogP contribution >= 0.6 is 0 Å². The van der Waals surface area contributed by atoms with Crippen molar-refractivity contribution in [2.75, 3.05) is 33.9 Å². The third kappa shape index (κ3) is 3.94. The van der Waals surface area contributed by atoms with Gasteiger partial charge in [-0.2, -0.15) is 0 Å². The van der Waals surface area contributed by atoms with E-state index in [0.29, 0.717) is 44.8 Å². The van der Waals surface area contributed by atoms with Gasteiger partial charge in [0.25, 0.3) is 5.91 Å². The number of piperidine rings is 1. The largest absolute Gasteiger partial charge is 0.497 e. The Balaban J connectivity index is 1.70. The molecule has 4 rings (SSSR count). The van der Waals surface area contributed by atoms with E-state index < -0.39 is 5.54 Å². The van der Waals surface area contributed by atoms with Crippen LogP contribution in [-0.2, 0) is 16.1 Å². The number of amides is 3. The molecular weight excluding hydrogens is 446 g/mol. The van der Waals surface area contributed by atoms with Crippen molar-refractivity contribution in [1.82, 2.24) is 14.7 Å². The van der Waals surface area contributed by atoms with Crippen LogP contribution in [0.15, 0.2) is 48.6 Å². The zero-order chi connectivity index (χ0) is 25.3.